The summed E-state index contributed by atoms with van der Waals surface area (Å²) in [6, 6.07) is 7.73. The first-order chi connectivity index (χ1) is 9.40. The molecule has 1 N–H and O–H groups in total. The molecule has 0 aliphatic rings. The quantitative estimate of drug-likeness (QED) is 0.893. The lowest BCUT2D eigenvalue weighted by atomic mass is 10.1. The van der Waals surface area contributed by atoms with Crippen molar-refractivity contribution in [1.82, 2.24) is 9.78 Å². The molecule has 2 rings (SSSR count). The second kappa shape index (κ2) is 5.97. The van der Waals surface area contributed by atoms with Gasteiger partial charge in [-0.25, -0.2) is 9.48 Å². The average Bonchev–Trinajstić information content (AvgIpc) is 2.70. The molecule has 1 aromatic heterocycles. The van der Waals surface area contributed by atoms with Crippen LogP contribution in [-0.2, 0) is 6.54 Å². The van der Waals surface area contributed by atoms with Crippen molar-refractivity contribution in [2.75, 3.05) is 0 Å². The molecule has 0 saturated carbocycles. The molecule has 20 heavy (non-hydrogen) atoms. The third-order valence-electron chi connectivity index (χ3n) is 2.92. The van der Waals surface area contributed by atoms with E-state index >= 15 is 0 Å². The van der Waals surface area contributed by atoms with Gasteiger partial charge < -0.3 is 5.11 Å². The van der Waals surface area contributed by atoms with Crippen molar-refractivity contribution in [3.8, 4) is 0 Å². The smallest absolute Gasteiger partial charge is 0.340 e. The number of halogens is 2. The lowest BCUT2D eigenvalue weighted by molar-refractivity contribution is 0.0695. The number of carbonyl (C=O) groups is 1. The first kappa shape index (κ1) is 15.1. The molecule has 0 spiro atoms. The molecule has 0 atom stereocenters. The van der Waals surface area contributed by atoms with E-state index in [9.17, 15) is 9.90 Å². The molecular weight excluding hydrogens is 344 g/mol. The standard InChI is InChI=1S/C14H14BrClN2O2/c1-8(2)12-11(14(19)20)13(16)18(17-12)7-9-3-5-10(15)6-4-9/h3-6,8H,7H2,1-2H3,(H,19,20). The van der Waals surface area contributed by atoms with Crippen molar-refractivity contribution in [1.29, 1.82) is 0 Å². The Morgan fingerprint density at radius 3 is 2.45 bits per heavy atom. The number of carboxylic acid groups (broad SMARTS) is 1. The summed E-state index contributed by atoms with van der Waals surface area (Å²) in [6.45, 7) is 4.24. The van der Waals surface area contributed by atoms with Crippen molar-refractivity contribution in [3.05, 3.63) is 50.7 Å². The fourth-order valence-electron chi connectivity index (χ4n) is 1.93. The van der Waals surface area contributed by atoms with E-state index in [0.29, 0.717) is 12.2 Å². The summed E-state index contributed by atoms with van der Waals surface area (Å²) in [5.41, 5.74) is 1.61. The third kappa shape index (κ3) is 3.04. The molecule has 0 aliphatic heterocycles. The Bertz CT molecular complexity index is 635. The van der Waals surface area contributed by atoms with Crippen molar-refractivity contribution in [2.24, 2.45) is 0 Å². The summed E-state index contributed by atoms with van der Waals surface area (Å²) in [6.07, 6.45) is 0. The molecule has 4 nitrogen and oxygen atoms in total. The highest BCUT2D eigenvalue weighted by atomic mass is 79.9. The van der Waals surface area contributed by atoms with Gasteiger partial charge in [0.25, 0.3) is 0 Å². The third-order valence-corrected chi connectivity index (χ3v) is 3.84. The Morgan fingerprint density at radius 1 is 1.40 bits per heavy atom. The number of hydrogen-bond donors (Lipinski definition) is 1. The minimum atomic E-state index is -1.04. The Morgan fingerprint density at radius 2 is 2.00 bits per heavy atom. The maximum Gasteiger partial charge on any atom is 0.340 e. The van der Waals surface area contributed by atoms with Crippen LogP contribution in [0.5, 0.6) is 0 Å². The normalized spacial score (nSPS) is 11.1. The van der Waals surface area contributed by atoms with Gasteiger partial charge >= 0.3 is 5.97 Å². The van der Waals surface area contributed by atoms with Crippen LogP contribution in [0.15, 0.2) is 28.7 Å². The molecule has 0 aliphatic carbocycles. The maximum atomic E-state index is 11.3. The molecule has 0 unspecified atom stereocenters. The number of hydrogen-bond acceptors (Lipinski definition) is 2. The Balaban J connectivity index is 2.40. The van der Waals surface area contributed by atoms with Crippen LogP contribution in [0.3, 0.4) is 0 Å². The zero-order valence-electron chi connectivity index (χ0n) is 11.1. The van der Waals surface area contributed by atoms with Crippen LogP contribution in [0.4, 0.5) is 0 Å². The van der Waals surface area contributed by atoms with Crippen molar-refractivity contribution < 1.29 is 9.90 Å². The van der Waals surface area contributed by atoms with Crippen molar-refractivity contribution in [2.45, 2.75) is 26.3 Å². The van der Waals surface area contributed by atoms with Gasteiger partial charge in [-0.3, -0.25) is 0 Å². The average molecular weight is 358 g/mol. The van der Waals surface area contributed by atoms with Crippen LogP contribution in [0.1, 0.15) is 41.4 Å². The van der Waals surface area contributed by atoms with E-state index in [-0.39, 0.29) is 16.6 Å². The molecule has 1 aromatic carbocycles. The Labute approximate surface area is 130 Å². The number of benzene rings is 1. The summed E-state index contributed by atoms with van der Waals surface area (Å²) in [5.74, 6) is -1.04. The SMILES string of the molecule is CC(C)c1nn(Cc2ccc(Br)cc2)c(Cl)c1C(=O)O. The lowest BCUT2D eigenvalue weighted by Gasteiger charge is -2.04. The molecule has 0 saturated heterocycles. The minimum absolute atomic E-state index is 0.00441. The Hall–Kier alpha value is -1.33. The van der Waals surface area contributed by atoms with E-state index in [1.54, 1.807) is 0 Å². The largest absolute Gasteiger partial charge is 0.478 e. The monoisotopic (exact) mass is 356 g/mol. The van der Waals surface area contributed by atoms with Crippen LogP contribution < -0.4 is 0 Å². The summed E-state index contributed by atoms with van der Waals surface area (Å²) in [5, 5.41) is 13.8. The van der Waals surface area contributed by atoms with Gasteiger partial charge in [0.05, 0.1) is 12.2 Å². The summed E-state index contributed by atoms with van der Waals surface area (Å²) >= 11 is 9.53. The van der Waals surface area contributed by atoms with Gasteiger partial charge in [-0.05, 0) is 23.6 Å². The van der Waals surface area contributed by atoms with E-state index in [2.05, 4.69) is 21.0 Å². The molecule has 106 valence electrons. The van der Waals surface area contributed by atoms with Gasteiger partial charge in [0.1, 0.15) is 10.7 Å². The number of nitrogens with zero attached hydrogens (tertiary/aromatic N) is 2. The molecule has 0 amide bonds. The number of aromatic carboxylic acids is 1. The van der Waals surface area contributed by atoms with Crippen LogP contribution in [0.25, 0.3) is 0 Å². The molecule has 2 aromatic rings. The second-order valence-electron chi connectivity index (χ2n) is 4.80. The van der Waals surface area contributed by atoms with E-state index in [1.807, 2.05) is 38.1 Å². The van der Waals surface area contributed by atoms with Gasteiger partial charge in [0.15, 0.2) is 0 Å². The molecule has 0 fully saturated rings. The number of aromatic nitrogens is 2. The van der Waals surface area contributed by atoms with Crippen molar-refractivity contribution >= 4 is 33.5 Å². The highest BCUT2D eigenvalue weighted by Gasteiger charge is 2.23. The number of rotatable bonds is 4. The summed E-state index contributed by atoms with van der Waals surface area (Å²) in [4.78, 5) is 11.3. The van der Waals surface area contributed by atoms with Crippen molar-refractivity contribution in [3.63, 3.8) is 0 Å². The Kier molecular flexibility index (Phi) is 4.50. The van der Waals surface area contributed by atoms with Gasteiger partial charge in [0.2, 0.25) is 0 Å². The fraction of sp³-hybridized carbons (Fsp3) is 0.286. The van der Waals surface area contributed by atoms with E-state index in [0.717, 1.165) is 10.0 Å². The lowest BCUT2D eigenvalue weighted by Crippen LogP contribution is -2.03. The van der Waals surface area contributed by atoms with Crippen LogP contribution in [0, 0.1) is 0 Å². The second-order valence-corrected chi connectivity index (χ2v) is 6.07. The molecule has 0 radical (unpaired) electrons. The highest BCUT2D eigenvalue weighted by molar-refractivity contribution is 9.10. The van der Waals surface area contributed by atoms with Gasteiger partial charge in [-0.15, -0.1) is 0 Å². The topological polar surface area (TPSA) is 55.1 Å². The molecule has 1 heterocycles. The predicted molar refractivity (Wildman–Crippen MR) is 81.5 cm³/mol. The van der Waals surface area contributed by atoms with Crippen LogP contribution in [0.2, 0.25) is 5.15 Å². The first-order valence-corrected chi connectivity index (χ1v) is 7.31. The summed E-state index contributed by atoms with van der Waals surface area (Å²) in [7, 11) is 0. The fourth-order valence-corrected chi connectivity index (χ4v) is 2.47. The van der Waals surface area contributed by atoms with Gasteiger partial charge in [-0.2, -0.15) is 5.10 Å². The first-order valence-electron chi connectivity index (χ1n) is 6.14. The van der Waals surface area contributed by atoms with Crippen LogP contribution in [-0.4, -0.2) is 20.9 Å². The molecule has 6 heteroatoms. The molecular formula is C14H14BrClN2O2. The van der Waals surface area contributed by atoms with Gasteiger partial charge in [-0.1, -0.05) is 53.5 Å². The predicted octanol–water partition coefficient (Wildman–Crippen LogP) is 4.17. The summed E-state index contributed by atoms with van der Waals surface area (Å²) < 4.78 is 2.52. The zero-order chi connectivity index (χ0) is 14.9. The number of carboxylic acids is 1. The van der Waals surface area contributed by atoms with Crippen LogP contribution >= 0.6 is 27.5 Å². The molecule has 0 bridgehead atoms. The van der Waals surface area contributed by atoms with E-state index in [4.69, 9.17) is 11.6 Å². The zero-order valence-corrected chi connectivity index (χ0v) is 13.4. The maximum absolute atomic E-state index is 11.3. The minimum Gasteiger partial charge on any atom is -0.478 e. The van der Waals surface area contributed by atoms with E-state index in [1.165, 1.54) is 4.68 Å². The van der Waals surface area contributed by atoms with E-state index < -0.39 is 5.97 Å². The van der Waals surface area contributed by atoms with Gasteiger partial charge in [0, 0.05) is 4.47 Å². The highest BCUT2D eigenvalue weighted by Crippen LogP contribution is 2.26.